The molecule has 5 N–H and O–H groups in total. The number of rotatable bonds is 10. The van der Waals surface area contributed by atoms with Crippen LogP contribution in [0.4, 0.5) is 26.9 Å². The van der Waals surface area contributed by atoms with E-state index in [1.807, 2.05) is 30.3 Å². The number of hydrogen-bond acceptors (Lipinski definition) is 7. The number of nitrogens with two attached hydrogens (primary N) is 1. The molecular formula is C31H31N7O5S. The Morgan fingerprint density at radius 3 is 2.39 bits per heavy atom. The first-order valence-corrected chi connectivity index (χ1v) is 15.7. The van der Waals surface area contributed by atoms with E-state index in [0.29, 0.717) is 28.7 Å². The first-order valence-electron chi connectivity index (χ1n) is 13.8. The van der Waals surface area contributed by atoms with Gasteiger partial charge in [0.05, 0.1) is 22.0 Å². The number of ether oxygens (including phenoxy) is 1. The number of sulfone groups is 1. The number of benzene rings is 3. The number of carbonyl (C=O) groups is 2. The van der Waals surface area contributed by atoms with Crippen molar-refractivity contribution in [2.24, 2.45) is 5.73 Å². The molecule has 5 rings (SSSR count). The summed E-state index contributed by atoms with van der Waals surface area (Å²) in [5, 5.41) is 14.4. The maximum atomic E-state index is 13.3. The molecule has 4 amide bonds. The summed E-state index contributed by atoms with van der Waals surface area (Å²) in [5.41, 5.74) is 7.14. The van der Waals surface area contributed by atoms with Crippen molar-refractivity contribution in [2.45, 2.75) is 31.1 Å². The first-order chi connectivity index (χ1) is 21.1. The van der Waals surface area contributed by atoms with E-state index >= 15 is 0 Å². The van der Waals surface area contributed by atoms with E-state index in [-0.39, 0.29) is 10.7 Å². The minimum Gasteiger partial charge on any atom is -0.457 e. The summed E-state index contributed by atoms with van der Waals surface area (Å²) in [7, 11) is -3.36. The average Bonchev–Trinajstić information content (AvgIpc) is 3.39. The van der Waals surface area contributed by atoms with Crippen molar-refractivity contribution in [3.63, 3.8) is 0 Å². The topological polar surface area (TPSA) is 170 Å². The van der Waals surface area contributed by atoms with Crippen LogP contribution in [0.15, 0.2) is 90.0 Å². The van der Waals surface area contributed by atoms with E-state index in [0.717, 1.165) is 42.0 Å². The fourth-order valence-corrected chi connectivity index (χ4v) is 5.20. The lowest BCUT2D eigenvalue weighted by molar-refractivity contribution is 0.259. The Labute approximate surface area is 254 Å². The van der Waals surface area contributed by atoms with E-state index in [4.69, 9.17) is 10.5 Å². The van der Waals surface area contributed by atoms with E-state index in [2.05, 4.69) is 33.0 Å². The Morgan fingerprint density at radius 1 is 0.932 bits per heavy atom. The fourth-order valence-electron chi connectivity index (χ4n) is 4.57. The molecule has 0 bridgehead atoms. The SMILES string of the molecule is CCCCc1cc(NC(=O)Nc2ccc(Oc3ccnc(NC(N)=O)c3)c3ccccc23)n(-c2ccc(S(C)(=O)=O)cc2)n1. The molecule has 12 nitrogen and oxygen atoms in total. The number of aromatic nitrogens is 3. The molecule has 226 valence electrons. The summed E-state index contributed by atoms with van der Waals surface area (Å²) in [6.45, 7) is 2.09. The zero-order valence-electron chi connectivity index (χ0n) is 24.1. The Hall–Kier alpha value is -5.43. The second-order valence-corrected chi connectivity index (χ2v) is 12.0. The number of anilines is 3. The molecule has 0 saturated heterocycles. The number of hydrogen-bond donors (Lipinski definition) is 4. The molecule has 5 aromatic rings. The average molecular weight is 614 g/mol. The minimum absolute atomic E-state index is 0.192. The Kier molecular flexibility index (Phi) is 8.76. The molecule has 0 aliphatic heterocycles. The number of aryl methyl sites for hydroxylation is 1. The van der Waals surface area contributed by atoms with Crippen molar-refractivity contribution in [1.29, 1.82) is 0 Å². The van der Waals surface area contributed by atoms with Crippen LogP contribution < -0.4 is 26.4 Å². The number of amides is 4. The lowest BCUT2D eigenvalue weighted by Gasteiger charge is -2.14. The summed E-state index contributed by atoms with van der Waals surface area (Å²) in [6, 6.07) is 21.0. The summed E-state index contributed by atoms with van der Waals surface area (Å²) in [6.07, 6.45) is 5.28. The van der Waals surface area contributed by atoms with Crippen molar-refractivity contribution >= 4 is 50.0 Å². The first kappa shape index (κ1) is 30.0. The standard InChI is InChI=1S/C31H31N7O5S/c1-3-4-7-20-18-29(38(37-20)21-10-12-23(13-11-21)44(2,41)42)36-31(40)34-26-14-15-27(25-9-6-5-8-24(25)26)43-22-16-17-33-28(19-22)35-30(32)39/h5-6,8-19H,3-4,7H2,1-2H3,(H2,34,36,40)(H3,32,33,35,39). The number of unbranched alkanes of at least 4 members (excludes halogenated alkanes) is 1. The van der Waals surface area contributed by atoms with Crippen molar-refractivity contribution in [3.8, 4) is 17.2 Å². The van der Waals surface area contributed by atoms with Gasteiger partial charge in [0.15, 0.2) is 9.84 Å². The highest BCUT2D eigenvalue weighted by Crippen LogP contribution is 2.35. The van der Waals surface area contributed by atoms with Crippen LogP contribution in [0.25, 0.3) is 16.5 Å². The molecule has 0 fully saturated rings. The second-order valence-electron chi connectivity index (χ2n) is 10.0. The number of fused-ring (bicyclic) bond motifs is 1. The summed E-state index contributed by atoms with van der Waals surface area (Å²) < 4.78 is 31.5. The third-order valence-electron chi connectivity index (χ3n) is 6.64. The molecule has 2 aromatic heterocycles. The lowest BCUT2D eigenvalue weighted by Crippen LogP contribution is -2.21. The van der Waals surface area contributed by atoms with Gasteiger partial charge in [-0.15, -0.1) is 0 Å². The van der Waals surface area contributed by atoms with Gasteiger partial charge in [-0.3, -0.25) is 10.6 Å². The molecule has 0 unspecified atom stereocenters. The number of pyridine rings is 1. The van der Waals surface area contributed by atoms with Gasteiger partial charge in [-0.2, -0.15) is 5.10 Å². The molecule has 2 heterocycles. The van der Waals surface area contributed by atoms with Gasteiger partial charge in [0.1, 0.15) is 23.1 Å². The van der Waals surface area contributed by atoms with Gasteiger partial charge in [0, 0.05) is 35.4 Å². The van der Waals surface area contributed by atoms with Gasteiger partial charge in [0.2, 0.25) is 0 Å². The zero-order chi connectivity index (χ0) is 31.3. The molecule has 0 atom stereocenters. The zero-order valence-corrected chi connectivity index (χ0v) is 24.9. The van der Waals surface area contributed by atoms with Crippen LogP contribution in [0.2, 0.25) is 0 Å². The molecule has 0 spiro atoms. The van der Waals surface area contributed by atoms with Crippen molar-refractivity contribution in [2.75, 3.05) is 22.2 Å². The maximum absolute atomic E-state index is 13.3. The highest BCUT2D eigenvalue weighted by molar-refractivity contribution is 7.90. The van der Waals surface area contributed by atoms with Crippen LogP contribution in [0, 0.1) is 0 Å². The summed E-state index contributed by atoms with van der Waals surface area (Å²) in [4.78, 5) is 28.7. The highest BCUT2D eigenvalue weighted by Gasteiger charge is 2.16. The highest BCUT2D eigenvalue weighted by atomic mass is 32.2. The number of urea groups is 2. The van der Waals surface area contributed by atoms with E-state index in [9.17, 15) is 18.0 Å². The predicted molar refractivity (Wildman–Crippen MR) is 169 cm³/mol. The summed E-state index contributed by atoms with van der Waals surface area (Å²) in [5.74, 6) is 1.64. The number of nitrogens with one attached hydrogen (secondary N) is 3. The molecule has 3 aromatic carbocycles. The second kappa shape index (κ2) is 12.8. The van der Waals surface area contributed by atoms with Gasteiger partial charge in [-0.1, -0.05) is 37.6 Å². The predicted octanol–water partition coefficient (Wildman–Crippen LogP) is 6.09. The van der Waals surface area contributed by atoms with Gasteiger partial charge < -0.3 is 15.8 Å². The van der Waals surface area contributed by atoms with E-state index in [1.54, 1.807) is 41.1 Å². The number of primary amides is 1. The van der Waals surface area contributed by atoms with Crippen LogP contribution in [0.1, 0.15) is 25.5 Å². The monoisotopic (exact) mass is 613 g/mol. The molecule has 13 heteroatoms. The molecule has 0 aliphatic carbocycles. The maximum Gasteiger partial charge on any atom is 0.324 e. The third kappa shape index (κ3) is 7.13. The van der Waals surface area contributed by atoms with Crippen LogP contribution in [0.3, 0.4) is 0 Å². The Balaban J connectivity index is 1.39. The normalized spacial score (nSPS) is 11.2. The van der Waals surface area contributed by atoms with Crippen LogP contribution >= 0.6 is 0 Å². The Morgan fingerprint density at radius 2 is 1.68 bits per heavy atom. The largest absolute Gasteiger partial charge is 0.457 e. The molecular weight excluding hydrogens is 582 g/mol. The number of nitrogens with zero attached hydrogens (tertiary/aromatic N) is 3. The van der Waals surface area contributed by atoms with Crippen LogP contribution in [0.5, 0.6) is 11.5 Å². The quantitative estimate of drug-likeness (QED) is 0.148. The smallest absolute Gasteiger partial charge is 0.324 e. The lowest BCUT2D eigenvalue weighted by atomic mass is 10.1. The molecule has 0 saturated carbocycles. The molecule has 44 heavy (non-hydrogen) atoms. The van der Waals surface area contributed by atoms with Crippen molar-refractivity contribution < 1.29 is 22.7 Å². The van der Waals surface area contributed by atoms with Crippen molar-refractivity contribution in [3.05, 3.63) is 90.8 Å². The van der Waals surface area contributed by atoms with E-state index < -0.39 is 21.9 Å². The minimum atomic E-state index is -3.36. The van der Waals surface area contributed by atoms with Gasteiger partial charge in [-0.25, -0.2) is 27.7 Å². The van der Waals surface area contributed by atoms with Gasteiger partial charge in [0.25, 0.3) is 0 Å². The van der Waals surface area contributed by atoms with Gasteiger partial charge >= 0.3 is 12.1 Å². The van der Waals surface area contributed by atoms with Gasteiger partial charge in [-0.05, 0) is 55.3 Å². The fraction of sp³-hybridized carbons (Fsp3) is 0.161. The number of carbonyl (C=O) groups excluding carboxylic acids is 2. The van der Waals surface area contributed by atoms with Crippen LogP contribution in [-0.4, -0.2) is 41.5 Å². The third-order valence-corrected chi connectivity index (χ3v) is 7.77. The molecule has 0 aliphatic rings. The summed E-state index contributed by atoms with van der Waals surface area (Å²) >= 11 is 0. The van der Waals surface area contributed by atoms with E-state index in [1.165, 1.54) is 18.3 Å². The Bertz CT molecular complexity index is 1940. The van der Waals surface area contributed by atoms with Crippen molar-refractivity contribution in [1.82, 2.24) is 14.8 Å². The van der Waals surface area contributed by atoms with Crippen LogP contribution in [-0.2, 0) is 16.3 Å². The molecule has 0 radical (unpaired) electrons.